The Kier molecular flexibility index (Phi) is 7.23. The molecule has 2 aliphatic rings. The summed E-state index contributed by atoms with van der Waals surface area (Å²) in [6, 6.07) is 6.81. The van der Waals surface area contributed by atoms with E-state index in [-0.39, 0.29) is 36.4 Å². The highest BCUT2D eigenvalue weighted by Gasteiger charge is 2.49. The number of aromatic nitrogens is 2. The summed E-state index contributed by atoms with van der Waals surface area (Å²) in [5.74, 6) is 0.511. The minimum Gasteiger partial charge on any atom is -0.497 e. The smallest absolute Gasteiger partial charge is 0.358 e. The maximum absolute atomic E-state index is 13.8. The average molecular weight is 499 g/mol. The number of methoxy groups -OCH3 is 3. The molecule has 1 N–H and O–H groups in total. The van der Waals surface area contributed by atoms with E-state index in [0.29, 0.717) is 17.4 Å². The topological polar surface area (TPSA) is 112 Å². The molecule has 1 fully saturated rings. The summed E-state index contributed by atoms with van der Waals surface area (Å²) in [4.78, 5) is 41.2. The van der Waals surface area contributed by atoms with Crippen LogP contribution in [0.2, 0.25) is 0 Å². The van der Waals surface area contributed by atoms with Crippen LogP contribution in [0.3, 0.4) is 0 Å². The monoisotopic (exact) mass is 498 g/mol. The van der Waals surface area contributed by atoms with Crippen LogP contribution in [-0.2, 0) is 22.6 Å². The fraction of sp³-hybridized carbons (Fsp3) is 0.538. The number of carbonyl (C=O) groups excluding carboxylic acids is 3. The van der Waals surface area contributed by atoms with Crippen LogP contribution in [-0.4, -0.2) is 65.4 Å². The second-order valence-electron chi connectivity index (χ2n) is 9.84. The minimum atomic E-state index is -1.25. The summed E-state index contributed by atoms with van der Waals surface area (Å²) in [6.07, 6.45) is 3.92. The maximum atomic E-state index is 13.8. The molecule has 1 aliphatic heterocycles. The molecule has 1 aromatic heterocycles. The lowest BCUT2D eigenvalue weighted by molar-refractivity contribution is -0.134. The number of ether oxygens (including phenoxy) is 3. The first kappa shape index (κ1) is 25.5. The number of benzene rings is 1. The number of amides is 2. The van der Waals surface area contributed by atoms with Crippen LogP contribution >= 0.6 is 0 Å². The van der Waals surface area contributed by atoms with Crippen molar-refractivity contribution in [2.45, 2.75) is 64.2 Å². The molecule has 1 saturated carbocycles. The lowest BCUT2D eigenvalue weighted by Crippen LogP contribution is -2.64. The summed E-state index contributed by atoms with van der Waals surface area (Å²) >= 11 is 0. The van der Waals surface area contributed by atoms with Crippen LogP contribution in [0.4, 0.5) is 0 Å². The summed E-state index contributed by atoms with van der Waals surface area (Å²) in [5.41, 5.74) is -0.288. The molecule has 0 radical (unpaired) electrons. The molecule has 2 amide bonds. The van der Waals surface area contributed by atoms with Crippen LogP contribution in [0.5, 0.6) is 11.5 Å². The predicted octanol–water partition coefficient (Wildman–Crippen LogP) is 2.80. The van der Waals surface area contributed by atoms with Crippen molar-refractivity contribution in [2.24, 2.45) is 5.92 Å². The van der Waals surface area contributed by atoms with Gasteiger partial charge >= 0.3 is 5.97 Å². The highest BCUT2D eigenvalue weighted by Crippen LogP contribution is 2.34. The third kappa shape index (κ3) is 4.76. The van der Waals surface area contributed by atoms with Gasteiger partial charge in [0.2, 0.25) is 5.91 Å². The third-order valence-corrected chi connectivity index (χ3v) is 7.36. The van der Waals surface area contributed by atoms with Gasteiger partial charge in [-0.05, 0) is 50.7 Å². The molecule has 0 saturated heterocycles. The molecule has 1 unspecified atom stereocenters. The lowest BCUT2D eigenvalue weighted by atomic mass is 9.86. The first-order chi connectivity index (χ1) is 17.2. The van der Waals surface area contributed by atoms with Gasteiger partial charge in [-0.1, -0.05) is 6.92 Å². The molecular formula is C26H34N4O6. The Bertz CT molecular complexity index is 1150. The van der Waals surface area contributed by atoms with Gasteiger partial charge in [-0.15, -0.1) is 0 Å². The number of esters is 1. The molecule has 1 aliphatic carbocycles. The van der Waals surface area contributed by atoms with Crippen LogP contribution in [0, 0.1) is 5.92 Å². The maximum Gasteiger partial charge on any atom is 0.358 e. The summed E-state index contributed by atoms with van der Waals surface area (Å²) in [5, 5.41) is 7.47. The van der Waals surface area contributed by atoms with Crippen molar-refractivity contribution in [1.82, 2.24) is 20.0 Å². The Balaban J connectivity index is 1.70. The van der Waals surface area contributed by atoms with E-state index in [1.54, 1.807) is 33.3 Å². The molecule has 4 rings (SSSR count). The predicted molar refractivity (Wildman–Crippen MR) is 131 cm³/mol. The summed E-state index contributed by atoms with van der Waals surface area (Å²) in [6.45, 7) is 4.18. The standard InChI is InChI=1S/C26H34N4O6/c1-16-6-9-18(10-7-16)27-25(33)26(2)15-30-21(13-20(28-30)24(32)36-5)23(31)29(26)14-17-8-11-19(34-3)12-22(17)35-4/h8,11-13,16,18H,6-7,9-10,14-15H2,1-5H3,(H,27,33). The van der Waals surface area contributed by atoms with E-state index in [9.17, 15) is 14.4 Å². The van der Waals surface area contributed by atoms with Crippen molar-refractivity contribution in [3.05, 3.63) is 41.2 Å². The molecule has 1 aromatic carbocycles. The first-order valence-electron chi connectivity index (χ1n) is 12.2. The van der Waals surface area contributed by atoms with Gasteiger partial charge in [-0.25, -0.2) is 4.79 Å². The molecule has 0 bridgehead atoms. The third-order valence-electron chi connectivity index (χ3n) is 7.36. The lowest BCUT2D eigenvalue weighted by Gasteiger charge is -2.44. The summed E-state index contributed by atoms with van der Waals surface area (Å²) < 4.78 is 17.1. The van der Waals surface area contributed by atoms with Crippen LogP contribution < -0.4 is 14.8 Å². The Morgan fingerprint density at radius 1 is 1.11 bits per heavy atom. The van der Waals surface area contributed by atoms with Crippen LogP contribution in [0.15, 0.2) is 24.3 Å². The molecule has 36 heavy (non-hydrogen) atoms. The normalized spacial score (nSPS) is 23.6. The zero-order chi connectivity index (χ0) is 26.0. The van der Waals surface area contributed by atoms with E-state index in [1.807, 2.05) is 6.07 Å². The Morgan fingerprint density at radius 3 is 2.47 bits per heavy atom. The average Bonchev–Trinajstić information content (AvgIpc) is 3.31. The van der Waals surface area contributed by atoms with Gasteiger partial charge in [0.15, 0.2) is 5.69 Å². The van der Waals surface area contributed by atoms with Crippen molar-refractivity contribution < 1.29 is 28.6 Å². The number of hydrogen-bond acceptors (Lipinski definition) is 7. The fourth-order valence-electron chi connectivity index (χ4n) is 4.99. The quantitative estimate of drug-likeness (QED) is 0.584. The number of hydrogen-bond donors (Lipinski definition) is 1. The van der Waals surface area contributed by atoms with E-state index < -0.39 is 17.4 Å². The Hall–Kier alpha value is -3.56. The second kappa shape index (κ2) is 10.2. The minimum absolute atomic E-state index is 0.0220. The largest absolute Gasteiger partial charge is 0.497 e. The van der Waals surface area contributed by atoms with E-state index in [0.717, 1.165) is 31.2 Å². The SMILES string of the molecule is COC(=O)c1cc2n(n1)CC(C)(C(=O)NC1CCC(C)CC1)N(Cc1ccc(OC)cc1OC)C2=O. The molecule has 194 valence electrons. The zero-order valence-electron chi connectivity index (χ0n) is 21.5. The van der Waals surface area contributed by atoms with E-state index in [1.165, 1.54) is 22.8 Å². The Morgan fingerprint density at radius 2 is 1.83 bits per heavy atom. The number of nitrogens with zero attached hydrogens (tertiary/aromatic N) is 3. The first-order valence-corrected chi connectivity index (χ1v) is 12.2. The fourth-order valence-corrected chi connectivity index (χ4v) is 4.99. The van der Waals surface area contributed by atoms with Crippen molar-refractivity contribution >= 4 is 17.8 Å². The molecule has 2 aromatic rings. The van der Waals surface area contributed by atoms with Crippen molar-refractivity contribution in [3.8, 4) is 11.5 Å². The van der Waals surface area contributed by atoms with Gasteiger partial charge < -0.3 is 24.4 Å². The highest BCUT2D eigenvalue weighted by molar-refractivity contribution is 6.01. The molecule has 2 heterocycles. The van der Waals surface area contributed by atoms with E-state index in [4.69, 9.17) is 14.2 Å². The van der Waals surface area contributed by atoms with Crippen LogP contribution in [0.25, 0.3) is 0 Å². The molecule has 1 atom stereocenters. The van der Waals surface area contributed by atoms with Crippen LogP contribution in [0.1, 0.15) is 66.1 Å². The van der Waals surface area contributed by atoms with Gasteiger partial charge in [-0.2, -0.15) is 5.10 Å². The van der Waals surface area contributed by atoms with Crippen molar-refractivity contribution in [1.29, 1.82) is 0 Å². The second-order valence-corrected chi connectivity index (χ2v) is 9.84. The van der Waals surface area contributed by atoms with Gasteiger partial charge in [-0.3, -0.25) is 14.3 Å². The van der Waals surface area contributed by atoms with Crippen molar-refractivity contribution in [2.75, 3.05) is 21.3 Å². The van der Waals surface area contributed by atoms with Gasteiger partial charge in [0.1, 0.15) is 22.7 Å². The van der Waals surface area contributed by atoms with Gasteiger partial charge in [0, 0.05) is 23.7 Å². The van der Waals surface area contributed by atoms with Gasteiger partial charge in [0.25, 0.3) is 5.91 Å². The van der Waals surface area contributed by atoms with E-state index >= 15 is 0 Å². The highest BCUT2D eigenvalue weighted by atomic mass is 16.5. The molecule has 10 heteroatoms. The van der Waals surface area contributed by atoms with Crippen molar-refractivity contribution in [3.63, 3.8) is 0 Å². The number of fused-ring (bicyclic) bond motifs is 1. The molecule has 10 nitrogen and oxygen atoms in total. The number of nitrogens with one attached hydrogen (secondary N) is 1. The van der Waals surface area contributed by atoms with Gasteiger partial charge in [0.05, 0.1) is 34.4 Å². The Labute approximate surface area is 210 Å². The van der Waals surface area contributed by atoms with E-state index in [2.05, 4.69) is 17.3 Å². The number of rotatable bonds is 7. The summed E-state index contributed by atoms with van der Waals surface area (Å²) in [7, 11) is 4.37. The number of carbonyl (C=O) groups is 3. The molecular weight excluding hydrogens is 464 g/mol. The zero-order valence-corrected chi connectivity index (χ0v) is 21.5. The molecule has 0 spiro atoms.